The Morgan fingerprint density at radius 2 is 2.15 bits per heavy atom. The van der Waals surface area contributed by atoms with Crippen LogP contribution in [0.4, 0.5) is 0 Å². The molecule has 1 atom stereocenters. The van der Waals surface area contributed by atoms with E-state index in [2.05, 4.69) is 0 Å². The summed E-state index contributed by atoms with van der Waals surface area (Å²) in [6, 6.07) is 5.48. The summed E-state index contributed by atoms with van der Waals surface area (Å²) in [5, 5.41) is 9.76. The van der Waals surface area contributed by atoms with Crippen LogP contribution in [0.25, 0.3) is 0 Å². The average molecular weight is 294 g/mol. The molecule has 1 N–H and O–H groups in total. The second-order valence-electron chi connectivity index (χ2n) is 5.78. The van der Waals surface area contributed by atoms with Gasteiger partial charge >= 0.3 is 0 Å². The van der Waals surface area contributed by atoms with Crippen LogP contribution in [0.15, 0.2) is 18.2 Å². The van der Waals surface area contributed by atoms with Crippen molar-refractivity contribution in [3.8, 4) is 11.5 Å². The minimum atomic E-state index is 0.0406. The van der Waals surface area contributed by atoms with E-state index in [1.807, 2.05) is 30.8 Å². The maximum absolute atomic E-state index is 9.76. The summed E-state index contributed by atoms with van der Waals surface area (Å²) in [5.74, 6) is 3.49. The molecule has 2 fully saturated rings. The van der Waals surface area contributed by atoms with E-state index in [0.29, 0.717) is 5.75 Å². The molecule has 0 bridgehead atoms. The van der Waals surface area contributed by atoms with Crippen LogP contribution in [-0.2, 0) is 4.74 Å². The number of phenols is 1. The molecule has 0 aliphatic carbocycles. The molecule has 2 heterocycles. The highest BCUT2D eigenvalue weighted by atomic mass is 32.2. The normalized spacial score (nSPS) is 25.6. The third-order valence-corrected chi connectivity index (χ3v) is 5.39. The minimum Gasteiger partial charge on any atom is -0.508 e. The van der Waals surface area contributed by atoms with Crippen molar-refractivity contribution < 1.29 is 14.6 Å². The van der Waals surface area contributed by atoms with E-state index in [-0.39, 0.29) is 11.7 Å². The number of benzene rings is 1. The summed E-state index contributed by atoms with van der Waals surface area (Å²) in [6.45, 7) is 2.68. The molecule has 2 saturated heterocycles. The van der Waals surface area contributed by atoms with E-state index in [0.717, 1.165) is 43.6 Å². The van der Waals surface area contributed by atoms with Crippen LogP contribution in [0.2, 0.25) is 0 Å². The number of phenolic OH excluding ortho intramolecular Hbond substituents is 1. The van der Waals surface area contributed by atoms with Crippen LogP contribution < -0.4 is 4.74 Å². The Bertz CT molecular complexity index is 463. The predicted octanol–water partition coefficient (Wildman–Crippen LogP) is 3.52. The van der Waals surface area contributed by atoms with Gasteiger partial charge in [-0.3, -0.25) is 0 Å². The molecule has 1 aromatic carbocycles. The molecule has 20 heavy (non-hydrogen) atoms. The first-order valence-corrected chi connectivity index (χ1v) is 8.51. The predicted molar refractivity (Wildman–Crippen MR) is 81.7 cm³/mol. The van der Waals surface area contributed by atoms with Crippen LogP contribution in [0.1, 0.15) is 31.2 Å². The largest absolute Gasteiger partial charge is 0.508 e. The molecular formula is C16H22O3S. The third kappa shape index (κ3) is 2.91. The van der Waals surface area contributed by atoms with Crippen molar-refractivity contribution in [1.29, 1.82) is 0 Å². The Morgan fingerprint density at radius 1 is 1.35 bits per heavy atom. The topological polar surface area (TPSA) is 38.7 Å². The molecule has 2 aliphatic heterocycles. The number of ether oxygens (including phenoxy) is 2. The van der Waals surface area contributed by atoms with E-state index in [9.17, 15) is 5.11 Å². The van der Waals surface area contributed by atoms with Crippen LogP contribution in [0, 0.1) is 6.92 Å². The van der Waals surface area contributed by atoms with Gasteiger partial charge in [-0.1, -0.05) is 6.07 Å². The van der Waals surface area contributed by atoms with E-state index >= 15 is 0 Å². The van der Waals surface area contributed by atoms with Gasteiger partial charge in [0.1, 0.15) is 17.6 Å². The molecule has 0 radical (unpaired) electrons. The second kappa shape index (κ2) is 5.86. The van der Waals surface area contributed by atoms with Gasteiger partial charge in [0.15, 0.2) is 0 Å². The molecule has 110 valence electrons. The molecule has 0 aromatic heterocycles. The smallest absolute Gasteiger partial charge is 0.126 e. The van der Waals surface area contributed by atoms with Crippen molar-refractivity contribution >= 4 is 11.8 Å². The maximum atomic E-state index is 9.76. The number of rotatable bonds is 2. The molecule has 2 aliphatic rings. The van der Waals surface area contributed by atoms with Crippen LogP contribution in [0.5, 0.6) is 11.5 Å². The molecule has 1 spiro atoms. The Kier molecular flexibility index (Phi) is 4.13. The monoisotopic (exact) mass is 294 g/mol. The molecule has 3 nitrogen and oxygen atoms in total. The molecule has 0 saturated carbocycles. The molecule has 1 aromatic rings. The molecular weight excluding hydrogens is 272 g/mol. The highest BCUT2D eigenvalue weighted by molar-refractivity contribution is 7.99. The lowest BCUT2D eigenvalue weighted by Gasteiger charge is -2.43. The Balaban J connectivity index is 1.69. The van der Waals surface area contributed by atoms with Crippen LogP contribution in [0.3, 0.4) is 0 Å². The first kappa shape index (κ1) is 14.1. The van der Waals surface area contributed by atoms with Gasteiger partial charge in [0.05, 0.1) is 12.2 Å². The first-order valence-electron chi connectivity index (χ1n) is 7.35. The van der Waals surface area contributed by atoms with Gasteiger partial charge in [-0.2, -0.15) is 11.8 Å². The van der Waals surface area contributed by atoms with Crippen LogP contribution in [-0.4, -0.2) is 34.9 Å². The van der Waals surface area contributed by atoms with Gasteiger partial charge < -0.3 is 14.6 Å². The zero-order valence-corrected chi connectivity index (χ0v) is 12.7. The summed E-state index contributed by atoms with van der Waals surface area (Å²) >= 11 is 2.02. The Labute approximate surface area is 124 Å². The fraction of sp³-hybridized carbons (Fsp3) is 0.625. The Morgan fingerprint density at radius 3 is 2.95 bits per heavy atom. The van der Waals surface area contributed by atoms with E-state index in [1.54, 1.807) is 6.07 Å². The van der Waals surface area contributed by atoms with E-state index in [4.69, 9.17) is 9.47 Å². The number of hydrogen-bond acceptors (Lipinski definition) is 4. The zero-order valence-electron chi connectivity index (χ0n) is 11.9. The molecule has 1 unspecified atom stereocenters. The van der Waals surface area contributed by atoms with E-state index in [1.165, 1.54) is 11.5 Å². The third-order valence-electron chi connectivity index (χ3n) is 4.40. The van der Waals surface area contributed by atoms with Gasteiger partial charge in [0, 0.05) is 18.4 Å². The maximum Gasteiger partial charge on any atom is 0.126 e. The standard InChI is InChI=1S/C16H22O3S/c1-12-14(17)3-2-4-15(12)19-13-5-8-18-16(11-13)6-9-20-10-7-16/h2-4,13,17H,5-11H2,1H3. The zero-order chi connectivity index (χ0) is 14.0. The first-order chi connectivity index (χ1) is 9.69. The summed E-state index contributed by atoms with van der Waals surface area (Å²) in [5.41, 5.74) is 0.867. The van der Waals surface area contributed by atoms with Crippen molar-refractivity contribution in [3.05, 3.63) is 23.8 Å². The lowest BCUT2D eigenvalue weighted by Crippen LogP contribution is -2.46. The summed E-state index contributed by atoms with van der Waals surface area (Å²) in [7, 11) is 0. The molecule has 0 amide bonds. The number of thioether (sulfide) groups is 1. The van der Waals surface area contributed by atoms with Gasteiger partial charge in [0.2, 0.25) is 0 Å². The summed E-state index contributed by atoms with van der Waals surface area (Å²) < 4.78 is 12.2. The average Bonchev–Trinajstić information content (AvgIpc) is 2.45. The fourth-order valence-electron chi connectivity index (χ4n) is 3.09. The summed E-state index contributed by atoms with van der Waals surface area (Å²) in [6.07, 6.45) is 4.38. The van der Waals surface area contributed by atoms with Gasteiger partial charge in [-0.25, -0.2) is 0 Å². The number of hydrogen-bond donors (Lipinski definition) is 1. The highest BCUT2D eigenvalue weighted by Crippen LogP contribution is 2.39. The number of aromatic hydroxyl groups is 1. The van der Waals surface area contributed by atoms with Crippen molar-refractivity contribution in [3.63, 3.8) is 0 Å². The molecule has 4 heteroatoms. The second-order valence-corrected chi connectivity index (χ2v) is 7.00. The lowest BCUT2D eigenvalue weighted by molar-refractivity contribution is -0.116. The minimum absolute atomic E-state index is 0.0406. The summed E-state index contributed by atoms with van der Waals surface area (Å²) in [4.78, 5) is 0. The SMILES string of the molecule is Cc1c(O)cccc1OC1CCOC2(CCSCC2)C1. The van der Waals surface area contributed by atoms with Crippen molar-refractivity contribution in [2.24, 2.45) is 0 Å². The van der Waals surface area contributed by atoms with E-state index < -0.39 is 0 Å². The quantitative estimate of drug-likeness (QED) is 0.905. The van der Waals surface area contributed by atoms with Gasteiger partial charge in [0.25, 0.3) is 0 Å². The Hall–Kier alpha value is -0.870. The fourth-order valence-corrected chi connectivity index (χ4v) is 4.32. The van der Waals surface area contributed by atoms with Crippen molar-refractivity contribution in [2.75, 3.05) is 18.1 Å². The van der Waals surface area contributed by atoms with Gasteiger partial charge in [-0.15, -0.1) is 0 Å². The lowest BCUT2D eigenvalue weighted by atomic mass is 9.86. The van der Waals surface area contributed by atoms with Crippen LogP contribution >= 0.6 is 11.8 Å². The van der Waals surface area contributed by atoms with Crippen molar-refractivity contribution in [2.45, 2.75) is 44.3 Å². The van der Waals surface area contributed by atoms with Crippen molar-refractivity contribution in [1.82, 2.24) is 0 Å². The van der Waals surface area contributed by atoms with Gasteiger partial charge in [-0.05, 0) is 43.4 Å². The highest BCUT2D eigenvalue weighted by Gasteiger charge is 2.39. The molecule has 3 rings (SSSR count).